The number of aryl methyl sites for hydroxylation is 1. The summed E-state index contributed by atoms with van der Waals surface area (Å²) in [5.74, 6) is 0. The van der Waals surface area contributed by atoms with E-state index in [0.717, 1.165) is 6.54 Å². The molecule has 0 atom stereocenters. The molecule has 2 nitrogen and oxygen atoms in total. The highest BCUT2D eigenvalue weighted by Crippen LogP contribution is 2.02. The summed E-state index contributed by atoms with van der Waals surface area (Å²) < 4.78 is 0. The van der Waals surface area contributed by atoms with Crippen LogP contribution in [0.3, 0.4) is 0 Å². The number of nitrogens with one attached hydrogen (secondary N) is 1. The molecule has 1 N–H and O–H groups in total. The van der Waals surface area contributed by atoms with Crippen LogP contribution in [-0.4, -0.2) is 12.0 Å². The Labute approximate surface area is 75.0 Å². The van der Waals surface area contributed by atoms with Crippen molar-refractivity contribution in [3.63, 3.8) is 0 Å². The minimum absolute atomic E-state index is 0.925. The third-order valence-corrected chi connectivity index (χ3v) is 1.50. The van der Waals surface area contributed by atoms with Gasteiger partial charge in [-0.15, -0.1) is 0 Å². The van der Waals surface area contributed by atoms with Crippen LogP contribution in [0.25, 0.3) is 0 Å². The lowest BCUT2D eigenvalue weighted by molar-refractivity contribution is 0.809. The van der Waals surface area contributed by atoms with Crippen LogP contribution in [0.5, 0.6) is 0 Å². The summed E-state index contributed by atoms with van der Waals surface area (Å²) in [7, 11) is 1.94. The van der Waals surface area contributed by atoms with Crippen molar-refractivity contribution in [2.24, 2.45) is 0 Å². The van der Waals surface area contributed by atoms with Crippen molar-refractivity contribution in [2.45, 2.75) is 27.3 Å². The van der Waals surface area contributed by atoms with Gasteiger partial charge < -0.3 is 5.32 Å². The molecule has 0 spiro atoms. The van der Waals surface area contributed by atoms with Crippen LogP contribution in [0.4, 0.5) is 0 Å². The Morgan fingerprint density at radius 3 is 2.58 bits per heavy atom. The van der Waals surface area contributed by atoms with Crippen LogP contribution in [-0.2, 0) is 6.54 Å². The molecule has 1 aromatic heterocycles. The third kappa shape index (κ3) is 3.49. The van der Waals surface area contributed by atoms with Crippen molar-refractivity contribution < 1.29 is 0 Å². The fraction of sp³-hybridized carbons (Fsp3) is 0.500. The van der Waals surface area contributed by atoms with Gasteiger partial charge in [0.1, 0.15) is 0 Å². The monoisotopic (exact) mass is 166 g/mol. The van der Waals surface area contributed by atoms with Crippen molar-refractivity contribution in [3.05, 3.63) is 29.6 Å². The van der Waals surface area contributed by atoms with E-state index in [9.17, 15) is 0 Å². The number of pyridine rings is 1. The molecule has 0 bridgehead atoms. The van der Waals surface area contributed by atoms with Crippen molar-refractivity contribution in [3.8, 4) is 0 Å². The number of rotatable bonds is 2. The molecule has 0 radical (unpaired) electrons. The van der Waals surface area contributed by atoms with Gasteiger partial charge in [-0.1, -0.05) is 13.8 Å². The molecule has 1 heterocycles. The SMILES string of the molecule is CC.CNCc1ccncc1C. The zero-order chi connectivity index (χ0) is 9.40. The Morgan fingerprint density at radius 2 is 2.08 bits per heavy atom. The molecular weight excluding hydrogens is 148 g/mol. The van der Waals surface area contributed by atoms with Crippen LogP contribution < -0.4 is 5.32 Å². The summed E-state index contributed by atoms with van der Waals surface area (Å²) >= 11 is 0. The average Bonchev–Trinajstić information content (AvgIpc) is 2.13. The second-order valence-corrected chi connectivity index (χ2v) is 2.33. The molecule has 12 heavy (non-hydrogen) atoms. The van der Waals surface area contributed by atoms with E-state index >= 15 is 0 Å². The van der Waals surface area contributed by atoms with Crippen LogP contribution >= 0.6 is 0 Å². The van der Waals surface area contributed by atoms with Gasteiger partial charge in [-0.05, 0) is 31.2 Å². The lowest BCUT2D eigenvalue weighted by Gasteiger charge is -2.01. The second kappa shape index (κ2) is 6.80. The first-order chi connectivity index (χ1) is 5.84. The second-order valence-electron chi connectivity index (χ2n) is 2.33. The van der Waals surface area contributed by atoms with Gasteiger partial charge in [-0.25, -0.2) is 0 Å². The van der Waals surface area contributed by atoms with Gasteiger partial charge in [0.2, 0.25) is 0 Å². The molecule has 0 fully saturated rings. The van der Waals surface area contributed by atoms with Crippen molar-refractivity contribution >= 4 is 0 Å². The predicted octanol–water partition coefficient (Wildman–Crippen LogP) is 2.14. The van der Waals surface area contributed by atoms with Gasteiger partial charge in [0.05, 0.1) is 0 Å². The predicted molar refractivity (Wildman–Crippen MR) is 53.1 cm³/mol. The highest BCUT2D eigenvalue weighted by atomic mass is 14.8. The van der Waals surface area contributed by atoms with Crippen LogP contribution in [0, 0.1) is 6.92 Å². The molecule has 0 aliphatic carbocycles. The summed E-state index contributed by atoms with van der Waals surface area (Å²) in [5, 5.41) is 3.10. The van der Waals surface area contributed by atoms with Gasteiger partial charge >= 0.3 is 0 Å². The summed E-state index contributed by atoms with van der Waals surface area (Å²) in [4.78, 5) is 4.00. The Kier molecular flexibility index (Phi) is 6.29. The Bertz CT molecular complexity index is 209. The van der Waals surface area contributed by atoms with Crippen molar-refractivity contribution in [2.75, 3.05) is 7.05 Å². The molecule has 1 rings (SSSR count). The summed E-state index contributed by atoms with van der Waals surface area (Å²) in [6.45, 7) is 6.99. The van der Waals surface area contributed by atoms with E-state index in [0.29, 0.717) is 0 Å². The van der Waals surface area contributed by atoms with E-state index in [-0.39, 0.29) is 0 Å². The molecule has 0 aliphatic heterocycles. The maximum absolute atomic E-state index is 4.00. The number of nitrogens with zero attached hydrogens (tertiary/aromatic N) is 1. The molecule has 2 heteroatoms. The van der Waals surface area contributed by atoms with E-state index in [4.69, 9.17) is 0 Å². The van der Waals surface area contributed by atoms with E-state index in [1.807, 2.05) is 39.4 Å². The minimum atomic E-state index is 0.925. The largest absolute Gasteiger partial charge is 0.316 e. The molecule has 0 saturated carbocycles. The lowest BCUT2D eigenvalue weighted by atomic mass is 10.2. The normalized spacial score (nSPS) is 8.67. The maximum Gasteiger partial charge on any atom is 0.0300 e. The zero-order valence-corrected chi connectivity index (χ0v) is 8.39. The van der Waals surface area contributed by atoms with E-state index < -0.39 is 0 Å². The third-order valence-electron chi connectivity index (χ3n) is 1.50. The first-order valence-electron chi connectivity index (χ1n) is 4.38. The molecule has 1 aromatic rings. The quantitative estimate of drug-likeness (QED) is 0.728. The number of hydrogen-bond donors (Lipinski definition) is 1. The van der Waals surface area contributed by atoms with Crippen LogP contribution in [0.2, 0.25) is 0 Å². The Morgan fingerprint density at radius 1 is 1.42 bits per heavy atom. The highest BCUT2D eigenvalue weighted by Gasteiger charge is 1.92. The van der Waals surface area contributed by atoms with Crippen LogP contribution in [0.1, 0.15) is 25.0 Å². The van der Waals surface area contributed by atoms with E-state index in [1.54, 1.807) is 0 Å². The Balaban J connectivity index is 0.000000561. The summed E-state index contributed by atoms with van der Waals surface area (Å²) in [6.07, 6.45) is 3.70. The minimum Gasteiger partial charge on any atom is -0.316 e. The molecule has 0 aromatic carbocycles. The molecule has 0 aliphatic rings. The van der Waals surface area contributed by atoms with Gasteiger partial charge in [0.25, 0.3) is 0 Å². The fourth-order valence-electron chi connectivity index (χ4n) is 0.891. The van der Waals surface area contributed by atoms with Gasteiger partial charge in [-0.2, -0.15) is 0 Å². The molecule has 0 unspecified atom stereocenters. The smallest absolute Gasteiger partial charge is 0.0300 e. The summed E-state index contributed by atoms with van der Waals surface area (Å²) in [6, 6.07) is 2.03. The summed E-state index contributed by atoms with van der Waals surface area (Å²) in [5.41, 5.74) is 2.56. The maximum atomic E-state index is 4.00. The topological polar surface area (TPSA) is 24.9 Å². The zero-order valence-electron chi connectivity index (χ0n) is 8.39. The average molecular weight is 166 g/mol. The van der Waals surface area contributed by atoms with Gasteiger partial charge in [-0.3, -0.25) is 4.98 Å². The van der Waals surface area contributed by atoms with E-state index in [2.05, 4.69) is 17.2 Å². The Hall–Kier alpha value is -0.890. The van der Waals surface area contributed by atoms with Crippen molar-refractivity contribution in [1.82, 2.24) is 10.3 Å². The van der Waals surface area contributed by atoms with E-state index in [1.165, 1.54) is 11.1 Å². The van der Waals surface area contributed by atoms with Gasteiger partial charge in [0, 0.05) is 18.9 Å². The molecule has 0 amide bonds. The molecule has 68 valence electrons. The fourth-order valence-corrected chi connectivity index (χ4v) is 0.891. The number of aromatic nitrogens is 1. The highest BCUT2D eigenvalue weighted by molar-refractivity contribution is 5.20. The molecule has 0 saturated heterocycles. The standard InChI is InChI=1S/C8H12N2.C2H6/c1-7-5-10-4-3-8(7)6-9-2;1-2/h3-5,9H,6H2,1-2H3;1-2H3. The number of hydrogen-bond acceptors (Lipinski definition) is 2. The van der Waals surface area contributed by atoms with Crippen molar-refractivity contribution in [1.29, 1.82) is 0 Å². The first kappa shape index (κ1) is 11.1. The first-order valence-corrected chi connectivity index (χ1v) is 4.38. The molecular formula is C10H18N2. The van der Waals surface area contributed by atoms with Gasteiger partial charge in [0.15, 0.2) is 0 Å². The van der Waals surface area contributed by atoms with Crippen LogP contribution in [0.15, 0.2) is 18.5 Å². The lowest BCUT2D eigenvalue weighted by Crippen LogP contribution is -2.06.